The number of benzene rings is 2. The van der Waals surface area contributed by atoms with Crippen LogP contribution in [0.5, 0.6) is 11.5 Å². The van der Waals surface area contributed by atoms with Gasteiger partial charge in [0, 0.05) is 5.69 Å². The predicted molar refractivity (Wildman–Crippen MR) is 75.9 cm³/mol. The molecule has 0 radical (unpaired) electrons. The molecule has 98 valence electrons. The monoisotopic (exact) mass is 296 g/mol. The Morgan fingerprint density at radius 2 is 1.84 bits per heavy atom. The molecule has 0 unspecified atom stereocenters. The van der Waals surface area contributed by atoms with E-state index in [0.29, 0.717) is 16.5 Å². The van der Waals surface area contributed by atoms with Crippen molar-refractivity contribution in [3.05, 3.63) is 52.0 Å². The van der Waals surface area contributed by atoms with Crippen LogP contribution in [0.3, 0.4) is 0 Å². The molecule has 0 atom stereocenters. The Balaban J connectivity index is 2.44. The van der Waals surface area contributed by atoms with Crippen molar-refractivity contribution in [2.24, 2.45) is 5.73 Å². The number of ether oxygens (including phenoxy) is 1. The van der Waals surface area contributed by atoms with Crippen LogP contribution in [0.25, 0.3) is 0 Å². The highest BCUT2D eigenvalue weighted by Crippen LogP contribution is 2.36. The average molecular weight is 297 g/mol. The van der Waals surface area contributed by atoms with E-state index in [1.807, 2.05) is 0 Å². The van der Waals surface area contributed by atoms with Crippen LogP contribution in [0.1, 0.15) is 10.4 Å². The van der Waals surface area contributed by atoms with Crippen LogP contribution in [0.2, 0.25) is 10.0 Å². The highest BCUT2D eigenvalue weighted by Gasteiger charge is 2.13. The average Bonchev–Trinajstić information content (AvgIpc) is 2.36. The minimum Gasteiger partial charge on any atom is -0.455 e. The molecule has 1 amide bonds. The van der Waals surface area contributed by atoms with Crippen molar-refractivity contribution < 1.29 is 9.53 Å². The number of primary amides is 1. The summed E-state index contributed by atoms with van der Waals surface area (Å²) in [7, 11) is 0. The fourth-order valence-electron chi connectivity index (χ4n) is 1.51. The van der Waals surface area contributed by atoms with Gasteiger partial charge in [-0.15, -0.1) is 0 Å². The van der Waals surface area contributed by atoms with Crippen LogP contribution < -0.4 is 16.2 Å². The first-order valence-corrected chi connectivity index (χ1v) is 6.06. The Labute approximate surface area is 119 Å². The first-order valence-electron chi connectivity index (χ1n) is 5.30. The summed E-state index contributed by atoms with van der Waals surface area (Å²) in [6, 6.07) is 9.54. The second-order valence-electron chi connectivity index (χ2n) is 3.77. The second-order valence-corrected chi connectivity index (χ2v) is 4.56. The molecule has 2 aromatic rings. The van der Waals surface area contributed by atoms with E-state index >= 15 is 0 Å². The van der Waals surface area contributed by atoms with Crippen LogP contribution >= 0.6 is 23.2 Å². The summed E-state index contributed by atoms with van der Waals surface area (Å²) in [5.74, 6) is -0.0345. The van der Waals surface area contributed by atoms with Crippen molar-refractivity contribution in [1.29, 1.82) is 0 Å². The zero-order chi connectivity index (χ0) is 14.0. The molecule has 0 heterocycles. The van der Waals surface area contributed by atoms with Gasteiger partial charge in [0.2, 0.25) is 0 Å². The summed E-state index contributed by atoms with van der Waals surface area (Å²) in [6.07, 6.45) is 0. The van der Waals surface area contributed by atoms with Gasteiger partial charge >= 0.3 is 0 Å². The van der Waals surface area contributed by atoms with Gasteiger partial charge < -0.3 is 16.2 Å². The Morgan fingerprint density at radius 3 is 2.53 bits per heavy atom. The third-order valence-electron chi connectivity index (χ3n) is 2.41. The van der Waals surface area contributed by atoms with Crippen LogP contribution in [0.4, 0.5) is 5.69 Å². The van der Waals surface area contributed by atoms with Crippen LogP contribution in [-0.2, 0) is 0 Å². The maximum Gasteiger partial charge on any atom is 0.252 e. The van der Waals surface area contributed by atoms with Gasteiger partial charge in [-0.2, -0.15) is 0 Å². The van der Waals surface area contributed by atoms with Gasteiger partial charge in [0.25, 0.3) is 5.91 Å². The number of carbonyl (C=O) groups is 1. The van der Waals surface area contributed by atoms with E-state index < -0.39 is 5.91 Å². The molecule has 0 fully saturated rings. The zero-order valence-corrected chi connectivity index (χ0v) is 11.2. The number of rotatable bonds is 3. The third-order valence-corrected chi connectivity index (χ3v) is 3.21. The Bertz CT molecular complexity index is 645. The molecule has 0 saturated carbocycles. The van der Waals surface area contributed by atoms with Gasteiger partial charge in [-0.05, 0) is 30.3 Å². The lowest BCUT2D eigenvalue weighted by molar-refractivity contribution is 0.0998. The second kappa shape index (κ2) is 5.38. The van der Waals surface area contributed by atoms with Gasteiger partial charge in [0.05, 0.1) is 10.6 Å². The normalized spacial score (nSPS) is 10.2. The molecule has 0 spiro atoms. The van der Waals surface area contributed by atoms with Gasteiger partial charge in [-0.25, -0.2) is 0 Å². The molecular weight excluding hydrogens is 287 g/mol. The number of carbonyl (C=O) groups excluding carboxylic acids is 1. The molecule has 2 aromatic carbocycles. The summed E-state index contributed by atoms with van der Waals surface area (Å²) in [6.45, 7) is 0. The van der Waals surface area contributed by atoms with Crippen molar-refractivity contribution in [3.63, 3.8) is 0 Å². The van der Waals surface area contributed by atoms with Crippen molar-refractivity contribution >= 4 is 34.8 Å². The number of halogens is 2. The number of hydrogen-bond donors (Lipinski definition) is 2. The topological polar surface area (TPSA) is 78.3 Å². The Hall–Kier alpha value is -1.91. The van der Waals surface area contributed by atoms with Gasteiger partial charge in [0.1, 0.15) is 16.5 Å². The van der Waals surface area contributed by atoms with Gasteiger partial charge in [-0.1, -0.05) is 29.3 Å². The number of anilines is 1. The number of nitrogen functional groups attached to an aromatic ring is 1. The van der Waals surface area contributed by atoms with Gasteiger partial charge in [0.15, 0.2) is 0 Å². The summed E-state index contributed by atoms with van der Waals surface area (Å²) in [5, 5.41) is 0.617. The first kappa shape index (κ1) is 13.5. The Kier molecular flexibility index (Phi) is 3.83. The summed E-state index contributed by atoms with van der Waals surface area (Å²) < 4.78 is 5.56. The lowest BCUT2D eigenvalue weighted by atomic mass is 10.1. The van der Waals surface area contributed by atoms with E-state index in [4.69, 9.17) is 39.4 Å². The summed E-state index contributed by atoms with van der Waals surface area (Å²) >= 11 is 11.9. The lowest BCUT2D eigenvalue weighted by Crippen LogP contribution is -2.12. The largest absolute Gasteiger partial charge is 0.455 e. The highest BCUT2D eigenvalue weighted by atomic mass is 35.5. The van der Waals surface area contributed by atoms with Crippen molar-refractivity contribution in [3.8, 4) is 11.5 Å². The van der Waals surface area contributed by atoms with E-state index in [1.165, 1.54) is 6.07 Å². The Morgan fingerprint density at radius 1 is 1.11 bits per heavy atom. The predicted octanol–water partition coefficient (Wildman–Crippen LogP) is 3.47. The zero-order valence-electron chi connectivity index (χ0n) is 9.69. The summed E-state index contributed by atoms with van der Waals surface area (Å²) in [5.41, 5.74) is 11.5. The van der Waals surface area contributed by atoms with E-state index in [1.54, 1.807) is 30.3 Å². The SMILES string of the molecule is NC(=O)c1cc(N)ccc1Oc1cccc(Cl)c1Cl. The molecule has 0 aliphatic carbocycles. The van der Waals surface area contributed by atoms with Gasteiger partial charge in [-0.3, -0.25) is 4.79 Å². The number of nitrogens with two attached hydrogens (primary N) is 2. The minimum absolute atomic E-state index is 0.177. The summed E-state index contributed by atoms with van der Waals surface area (Å²) in [4.78, 5) is 11.3. The van der Waals surface area contributed by atoms with E-state index in [2.05, 4.69) is 0 Å². The molecule has 0 bridgehead atoms. The van der Waals surface area contributed by atoms with E-state index in [-0.39, 0.29) is 16.3 Å². The molecule has 19 heavy (non-hydrogen) atoms. The van der Waals surface area contributed by atoms with Crippen molar-refractivity contribution in [2.45, 2.75) is 0 Å². The fourth-order valence-corrected chi connectivity index (χ4v) is 1.84. The first-order chi connectivity index (χ1) is 8.99. The fraction of sp³-hybridized carbons (Fsp3) is 0. The van der Waals surface area contributed by atoms with Crippen LogP contribution in [0.15, 0.2) is 36.4 Å². The van der Waals surface area contributed by atoms with Crippen molar-refractivity contribution in [2.75, 3.05) is 5.73 Å². The van der Waals surface area contributed by atoms with Crippen LogP contribution in [0, 0.1) is 0 Å². The molecule has 6 heteroatoms. The molecule has 0 aromatic heterocycles. The van der Waals surface area contributed by atoms with E-state index in [0.717, 1.165) is 0 Å². The quantitative estimate of drug-likeness (QED) is 0.851. The molecular formula is C13H10Cl2N2O2. The third kappa shape index (κ3) is 2.92. The smallest absolute Gasteiger partial charge is 0.252 e. The molecule has 4 nitrogen and oxygen atoms in total. The van der Waals surface area contributed by atoms with Crippen LogP contribution in [-0.4, -0.2) is 5.91 Å². The number of hydrogen-bond acceptors (Lipinski definition) is 3. The molecule has 2 rings (SSSR count). The molecule has 0 aliphatic heterocycles. The molecule has 0 aliphatic rings. The standard InChI is InChI=1S/C13H10Cl2N2O2/c14-9-2-1-3-11(12(9)15)19-10-5-4-7(16)6-8(10)13(17)18/h1-6H,16H2,(H2,17,18). The minimum atomic E-state index is -0.638. The molecule has 4 N–H and O–H groups in total. The number of amides is 1. The highest BCUT2D eigenvalue weighted by molar-refractivity contribution is 6.42. The lowest BCUT2D eigenvalue weighted by Gasteiger charge is -2.11. The van der Waals surface area contributed by atoms with E-state index in [9.17, 15) is 4.79 Å². The van der Waals surface area contributed by atoms with Crippen molar-refractivity contribution in [1.82, 2.24) is 0 Å². The maximum absolute atomic E-state index is 11.3. The maximum atomic E-state index is 11.3. The molecule has 0 saturated heterocycles.